The van der Waals surface area contributed by atoms with Crippen LogP contribution in [0.25, 0.3) is 0 Å². The lowest BCUT2D eigenvalue weighted by atomic mass is 10.0. The van der Waals surface area contributed by atoms with E-state index >= 15 is 0 Å². The van der Waals surface area contributed by atoms with Crippen LogP contribution >= 0.6 is 0 Å². The molecule has 1 amide bonds. The molecule has 0 aliphatic carbocycles. The van der Waals surface area contributed by atoms with Crippen LogP contribution in [0.2, 0.25) is 0 Å². The smallest absolute Gasteiger partial charge is 0.335 e. The van der Waals surface area contributed by atoms with Crippen LogP contribution in [0.4, 0.5) is 0 Å². The number of aromatic carboxylic acids is 1. The Morgan fingerprint density at radius 3 is 2.46 bits per heavy atom. The van der Waals surface area contributed by atoms with Gasteiger partial charge in [0.2, 0.25) is 5.91 Å². The SMILES string of the molecule is O=C(CCc1ccc(C(=O)O)cc1)NC1CCS(=O)(=O)c2ccccc21. The maximum Gasteiger partial charge on any atom is 0.335 e. The summed E-state index contributed by atoms with van der Waals surface area (Å²) in [5, 5.41) is 11.8. The minimum atomic E-state index is -3.28. The summed E-state index contributed by atoms with van der Waals surface area (Å²) in [5.74, 6) is -1.13. The predicted molar refractivity (Wildman–Crippen MR) is 95.7 cm³/mol. The molecule has 2 aromatic carbocycles. The summed E-state index contributed by atoms with van der Waals surface area (Å²) >= 11 is 0. The molecule has 1 atom stereocenters. The van der Waals surface area contributed by atoms with Crippen molar-refractivity contribution >= 4 is 21.7 Å². The first kappa shape index (κ1) is 18.1. The van der Waals surface area contributed by atoms with Gasteiger partial charge in [0, 0.05) is 6.42 Å². The molecule has 1 unspecified atom stereocenters. The third kappa shape index (κ3) is 3.94. The molecule has 1 aliphatic rings. The van der Waals surface area contributed by atoms with Crippen molar-refractivity contribution in [1.29, 1.82) is 0 Å². The van der Waals surface area contributed by atoms with Gasteiger partial charge in [-0.15, -0.1) is 0 Å². The Kier molecular flexibility index (Phi) is 5.08. The number of carbonyl (C=O) groups is 2. The first-order valence-corrected chi connectivity index (χ1v) is 9.95. The number of carboxylic acids is 1. The number of aryl methyl sites for hydroxylation is 1. The van der Waals surface area contributed by atoms with Crippen molar-refractivity contribution in [1.82, 2.24) is 5.32 Å². The van der Waals surface area contributed by atoms with Gasteiger partial charge in [0.1, 0.15) is 0 Å². The quantitative estimate of drug-likeness (QED) is 0.838. The molecule has 1 heterocycles. The third-order valence-corrected chi connectivity index (χ3v) is 6.30. The van der Waals surface area contributed by atoms with Crippen LogP contribution in [-0.2, 0) is 21.1 Å². The number of rotatable bonds is 5. The van der Waals surface area contributed by atoms with E-state index in [-0.39, 0.29) is 29.7 Å². The van der Waals surface area contributed by atoms with E-state index in [2.05, 4.69) is 5.32 Å². The van der Waals surface area contributed by atoms with Crippen LogP contribution in [0.15, 0.2) is 53.4 Å². The summed E-state index contributed by atoms with van der Waals surface area (Å²) in [7, 11) is -3.28. The summed E-state index contributed by atoms with van der Waals surface area (Å²) < 4.78 is 24.3. The van der Waals surface area contributed by atoms with Crippen molar-refractivity contribution in [2.45, 2.75) is 30.2 Å². The lowest BCUT2D eigenvalue weighted by molar-refractivity contribution is -0.121. The number of carbonyl (C=O) groups excluding carboxylic acids is 1. The number of sulfone groups is 1. The number of nitrogens with one attached hydrogen (secondary N) is 1. The highest BCUT2D eigenvalue weighted by atomic mass is 32.2. The molecule has 3 rings (SSSR count). The molecule has 136 valence electrons. The molecule has 2 N–H and O–H groups in total. The van der Waals surface area contributed by atoms with E-state index < -0.39 is 15.8 Å². The van der Waals surface area contributed by atoms with Crippen LogP contribution in [0.3, 0.4) is 0 Å². The first-order valence-electron chi connectivity index (χ1n) is 8.30. The van der Waals surface area contributed by atoms with Crippen LogP contribution in [0.1, 0.15) is 40.4 Å². The van der Waals surface area contributed by atoms with E-state index in [4.69, 9.17) is 5.11 Å². The zero-order valence-corrected chi connectivity index (χ0v) is 14.8. The number of benzene rings is 2. The Labute approximate surface area is 151 Å². The topological polar surface area (TPSA) is 101 Å². The lowest BCUT2D eigenvalue weighted by Gasteiger charge is -2.26. The molecule has 0 fully saturated rings. The Hall–Kier alpha value is -2.67. The Bertz CT molecular complexity index is 935. The van der Waals surface area contributed by atoms with Gasteiger partial charge >= 0.3 is 5.97 Å². The van der Waals surface area contributed by atoms with Crippen LogP contribution in [-0.4, -0.2) is 31.2 Å². The average molecular weight is 373 g/mol. The largest absolute Gasteiger partial charge is 0.478 e. The molecule has 0 saturated carbocycles. The van der Waals surface area contributed by atoms with Gasteiger partial charge in [-0.05, 0) is 42.2 Å². The van der Waals surface area contributed by atoms with E-state index in [1.807, 2.05) is 0 Å². The van der Waals surface area contributed by atoms with Crippen LogP contribution in [0.5, 0.6) is 0 Å². The number of amides is 1. The second kappa shape index (κ2) is 7.29. The van der Waals surface area contributed by atoms with Crippen molar-refractivity contribution < 1.29 is 23.1 Å². The third-order valence-electron chi connectivity index (χ3n) is 4.48. The van der Waals surface area contributed by atoms with E-state index in [1.54, 1.807) is 36.4 Å². The number of hydrogen-bond donors (Lipinski definition) is 2. The maximum absolute atomic E-state index is 12.3. The van der Waals surface area contributed by atoms with Crippen molar-refractivity contribution in [2.75, 3.05) is 5.75 Å². The summed E-state index contributed by atoms with van der Waals surface area (Å²) in [6, 6.07) is 12.9. The fourth-order valence-corrected chi connectivity index (χ4v) is 4.70. The van der Waals surface area contributed by atoms with Gasteiger partial charge in [0.25, 0.3) is 0 Å². The Morgan fingerprint density at radius 1 is 1.08 bits per heavy atom. The van der Waals surface area contributed by atoms with Crippen molar-refractivity contribution in [3.8, 4) is 0 Å². The van der Waals surface area contributed by atoms with Gasteiger partial charge in [-0.3, -0.25) is 4.79 Å². The highest BCUT2D eigenvalue weighted by Crippen LogP contribution is 2.31. The molecule has 2 aromatic rings. The fourth-order valence-electron chi connectivity index (χ4n) is 3.08. The summed E-state index contributed by atoms with van der Waals surface area (Å²) in [5.41, 5.74) is 1.72. The molecule has 6 nitrogen and oxygen atoms in total. The van der Waals surface area contributed by atoms with E-state index in [0.717, 1.165) is 5.56 Å². The highest BCUT2D eigenvalue weighted by Gasteiger charge is 2.30. The molecule has 0 saturated heterocycles. The average Bonchev–Trinajstić information content (AvgIpc) is 2.63. The fraction of sp³-hybridized carbons (Fsp3) is 0.263. The van der Waals surface area contributed by atoms with E-state index in [9.17, 15) is 18.0 Å². The monoisotopic (exact) mass is 373 g/mol. The number of fused-ring (bicyclic) bond motifs is 1. The maximum atomic E-state index is 12.3. The van der Waals surface area contributed by atoms with Crippen molar-refractivity contribution in [2.24, 2.45) is 0 Å². The highest BCUT2D eigenvalue weighted by molar-refractivity contribution is 7.91. The molecule has 0 aromatic heterocycles. The second-order valence-electron chi connectivity index (χ2n) is 6.27. The van der Waals surface area contributed by atoms with Crippen LogP contribution < -0.4 is 5.32 Å². The molecule has 7 heteroatoms. The number of carboxylic acid groups (broad SMARTS) is 1. The molecule has 0 spiro atoms. The first-order chi connectivity index (χ1) is 12.4. The molecular formula is C19H19NO5S. The zero-order chi connectivity index (χ0) is 18.7. The van der Waals surface area contributed by atoms with Crippen LogP contribution in [0, 0.1) is 0 Å². The molecular weight excluding hydrogens is 354 g/mol. The minimum Gasteiger partial charge on any atom is -0.478 e. The predicted octanol–water partition coefficient (Wildman–Crippen LogP) is 2.35. The standard InChI is InChI=1S/C19H19NO5S/c21-18(10-7-13-5-8-14(9-6-13)19(22)23)20-16-11-12-26(24,25)17-4-2-1-3-15(16)17/h1-6,8-9,16H,7,10-12H2,(H,20,21)(H,22,23). The summed E-state index contributed by atoms with van der Waals surface area (Å²) in [6.07, 6.45) is 1.09. The summed E-state index contributed by atoms with van der Waals surface area (Å²) in [4.78, 5) is 23.4. The second-order valence-corrected chi connectivity index (χ2v) is 8.35. The Balaban J connectivity index is 1.63. The van der Waals surface area contributed by atoms with Gasteiger partial charge < -0.3 is 10.4 Å². The zero-order valence-electron chi connectivity index (χ0n) is 14.0. The Morgan fingerprint density at radius 2 is 1.77 bits per heavy atom. The molecule has 1 aliphatic heterocycles. The summed E-state index contributed by atoms with van der Waals surface area (Å²) in [6.45, 7) is 0. The minimum absolute atomic E-state index is 0.0195. The lowest BCUT2D eigenvalue weighted by Crippen LogP contribution is -2.34. The normalized spacial score (nSPS) is 17.9. The van der Waals surface area contributed by atoms with Gasteiger partial charge in [-0.25, -0.2) is 13.2 Å². The van der Waals surface area contributed by atoms with E-state index in [0.29, 0.717) is 23.3 Å². The van der Waals surface area contributed by atoms with E-state index in [1.165, 1.54) is 12.1 Å². The van der Waals surface area contributed by atoms with Gasteiger partial charge in [0.05, 0.1) is 22.3 Å². The molecule has 26 heavy (non-hydrogen) atoms. The van der Waals surface area contributed by atoms with Crippen molar-refractivity contribution in [3.05, 3.63) is 65.2 Å². The molecule has 0 bridgehead atoms. The van der Waals surface area contributed by atoms with Gasteiger partial charge in [-0.1, -0.05) is 30.3 Å². The van der Waals surface area contributed by atoms with Gasteiger partial charge in [-0.2, -0.15) is 0 Å². The van der Waals surface area contributed by atoms with Gasteiger partial charge in [0.15, 0.2) is 9.84 Å². The molecule has 0 radical (unpaired) electrons. The van der Waals surface area contributed by atoms with Crippen molar-refractivity contribution in [3.63, 3.8) is 0 Å². The number of hydrogen-bond acceptors (Lipinski definition) is 4.